The minimum atomic E-state index is -1.07. The number of amides is 3. The zero-order valence-corrected chi connectivity index (χ0v) is 22.3. The minimum absolute atomic E-state index is 0.0705. The smallest absolute Gasteiger partial charge is 0.339 e. The van der Waals surface area contributed by atoms with Gasteiger partial charge in [-0.15, -0.1) is 11.8 Å². The number of ether oxygens (including phenoxy) is 2. The van der Waals surface area contributed by atoms with E-state index < -0.39 is 12.0 Å². The first-order valence-electron chi connectivity index (χ1n) is 11.6. The third-order valence-electron chi connectivity index (χ3n) is 6.03. The van der Waals surface area contributed by atoms with E-state index in [1.165, 1.54) is 20.3 Å². The molecule has 1 fully saturated rings. The number of thioether (sulfide) groups is 1. The van der Waals surface area contributed by atoms with Crippen LogP contribution < -0.4 is 20.1 Å². The lowest BCUT2D eigenvalue weighted by molar-refractivity contribution is -0.131. The lowest BCUT2D eigenvalue weighted by Gasteiger charge is -2.25. The van der Waals surface area contributed by atoms with Crippen LogP contribution >= 0.6 is 23.4 Å². The molecule has 198 valence electrons. The van der Waals surface area contributed by atoms with Crippen LogP contribution in [-0.4, -0.2) is 53.8 Å². The second kappa shape index (κ2) is 12.1. The summed E-state index contributed by atoms with van der Waals surface area (Å²) >= 11 is 7.73. The molecule has 1 saturated heterocycles. The van der Waals surface area contributed by atoms with Crippen LogP contribution in [-0.2, 0) is 11.2 Å². The molecule has 0 aliphatic carbocycles. The fourth-order valence-electron chi connectivity index (χ4n) is 4.12. The zero-order valence-electron chi connectivity index (χ0n) is 20.7. The van der Waals surface area contributed by atoms with E-state index in [4.69, 9.17) is 21.1 Å². The van der Waals surface area contributed by atoms with Crippen molar-refractivity contribution in [2.24, 2.45) is 0 Å². The van der Waals surface area contributed by atoms with Gasteiger partial charge in [0, 0.05) is 5.75 Å². The normalized spacial score (nSPS) is 14.6. The van der Waals surface area contributed by atoms with E-state index in [1.807, 2.05) is 0 Å². The van der Waals surface area contributed by atoms with Gasteiger partial charge >= 0.3 is 12.0 Å². The van der Waals surface area contributed by atoms with Gasteiger partial charge in [-0.25, -0.2) is 9.59 Å². The van der Waals surface area contributed by atoms with Crippen LogP contribution in [0.15, 0.2) is 60.7 Å². The first-order valence-corrected chi connectivity index (χ1v) is 13.1. The number of carbonyl (C=O) groups excluding carboxylic acids is 2. The summed E-state index contributed by atoms with van der Waals surface area (Å²) < 4.78 is 10.7. The summed E-state index contributed by atoms with van der Waals surface area (Å²) in [5.41, 5.74) is 2.51. The van der Waals surface area contributed by atoms with Crippen molar-refractivity contribution in [1.82, 2.24) is 4.90 Å². The standard InChI is InChI=1S/C27H26ClN3O6S/c1-36-23-13-17(8-9-18(23)26(33)34)22-14-38-15-31(22)25(32)12-16-7-10-21(24(11-16)37-2)30-27(35)29-20-6-4-3-5-19(20)28/h3-11,13,22H,12,14-15H2,1-2H3,(H,33,34)(H2,29,30,35). The Morgan fingerprint density at radius 1 is 1.00 bits per heavy atom. The van der Waals surface area contributed by atoms with E-state index in [2.05, 4.69) is 10.6 Å². The fraction of sp³-hybridized carbons (Fsp3) is 0.222. The summed E-state index contributed by atoms with van der Waals surface area (Å²) in [6.07, 6.45) is 0.129. The molecule has 9 nitrogen and oxygen atoms in total. The highest BCUT2D eigenvalue weighted by Gasteiger charge is 2.31. The molecule has 0 spiro atoms. The Morgan fingerprint density at radius 2 is 1.74 bits per heavy atom. The highest BCUT2D eigenvalue weighted by atomic mass is 35.5. The van der Waals surface area contributed by atoms with Gasteiger partial charge in [0.25, 0.3) is 0 Å². The molecule has 1 unspecified atom stereocenters. The summed E-state index contributed by atoms with van der Waals surface area (Å²) in [6, 6.07) is 16.3. The van der Waals surface area contributed by atoms with Crippen LogP contribution in [0.3, 0.4) is 0 Å². The van der Waals surface area contributed by atoms with Crippen LogP contribution in [0.5, 0.6) is 11.5 Å². The Hall–Kier alpha value is -3.89. The quantitative estimate of drug-likeness (QED) is 0.335. The summed E-state index contributed by atoms with van der Waals surface area (Å²) in [4.78, 5) is 39.0. The van der Waals surface area contributed by atoms with E-state index in [0.717, 1.165) is 11.1 Å². The molecule has 4 rings (SSSR count). The summed E-state index contributed by atoms with van der Waals surface area (Å²) in [5, 5.41) is 15.2. The summed E-state index contributed by atoms with van der Waals surface area (Å²) in [6.45, 7) is 0. The SMILES string of the molecule is COc1cc(CC(=O)N2CSCC2c2ccc(C(=O)O)c(OC)c2)ccc1NC(=O)Nc1ccccc1Cl. The second-order valence-corrected chi connectivity index (χ2v) is 9.82. The largest absolute Gasteiger partial charge is 0.496 e. The number of carbonyl (C=O) groups is 3. The number of benzene rings is 3. The van der Waals surface area contributed by atoms with Crippen molar-refractivity contribution >= 4 is 52.6 Å². The predicted octanol–water partition coefficient (Wildman–Crippen LogP) is 5.52. The lowest BCUT2D eigenvalue weighted by Crippen LogP contribution is -2.32. The molecule has 38 heavy (non-hydrogen) atoms. The molecule has 0 bridgehead atoms. The summed E-state index contributed by atoms with van der Waals surface area (Å²) in [5.74, 6) is 0.715. The lowest BCUT2D eigenvalue weighted by atomic mass is 10.0. The molecule has 1 aliphatic rings. The number of methoxy groups -OCH3 is 2. The van der Waals surface area contributed by atoms with Gasteiger partial charge < -0.3 is 30.1 Å². The van der Waals surface area contributed by atoms with Gasteiger partial charge in [-0.1, -0.05) is 35.9 Å². The molecule has 1 aliphatic heterocycles. The Labute approximate surface area is 229 Å². The van der Waals surface area contributed by atoms with Gasteiger partial charge in [-0.2, -0.15) is 0 Å². The molecule has 1 heterocycles. The Bertz CT molecular complexity index is 1370. The zero-order chi connectivity index (χ0) is 27.2. The molecule has 0 aromatic heterocycles. The number of hydrogen-bond donors (Lipinski definition) is 3. The maximum atomic E-state index is 13.3. The minimum Gasteiger partial charge on any atom is -0.496 e. The summed E-state index contributed by atoms with van der Waals surface area (Å²) in [7, 11) is 2.91. The molecule has 1 atom stereocenters. The second-order valence-electron chi connectivity index (χ2n) is 8.41. The number of rotatable bonds is 8. The third-order valence-corrected chi connectivity index (χ3v) is 7.38. The maximum absolute atomic E-state index is 13.3. The van der Waals surface area contributed by atoms with Crippen LogP contribution in [0.25, 0.3) is 0 Å². The van der Waals surface area contributed by atoms with Crippen molar-refractivity contribution in [3.63, 3.8) is 0 Å². The van der Waals surface area contributed by atoms with Crippen molar-refractivity contribution in [2.45, 2.75) is 12.5 Å². The maximum Gasteiger partial charge on any atom is 0.339 e. The van der Waals surface area contributed by atoms with Crippen molar-refractivity contribution < 1.29 is 29.0 Å². The van der Waals surface area contributed by atoms with Crippen LogP contribution in [0.2, 0.25) is 5.02 Å². The Morgan fingerprint density at radius 3 is 2.45 bits per heavy atom. The number of nitrogens with zero attached hydrogens (tertiary/aromatic N) is 1. The average Bonchev–Trinajstić information content (AvgIpc) is 3.40. The first-order chi connectivity index (χ1) is 18.3. The molecule has 0 saturated carbocycles. The number of carboxylic acids is 1. The molecule has 3 aromatic rings. The highest BCUT2D eigenvalue weighted by molar-refractivity contribution is 7.99. The van der Waals surface area contributed by atoms with Gasteiger partial charge in [-0.3, -0.25) is 4.79 Å². The van der Waals surface area contributed by atoms with Crippen LogP contribution in [0.1, 0.15) is 27.5 Å². The molecule has 3 amide bonds. The molecular formula is C27H26ClN3O6S. The molecule has 11 heteroatoms. The first kappa shape index (κ1) is 27.2. The van der Waals surface area contributed by atoms with E-state index >= 15 is 0 Å². The van der Waals surface area contributed by atoms with Gasteiger partial charge in [-0.05, 0) is 47.5 Å². The number of carboxylic acid groups (broad SMARTS) is 1. The number of nitrogens with one attached hydrogen (secondary N) is 2. The van der Waals surface area contributed by atoms with Crippen molar-refractivity contribution in [2.75, 3.05) is 36.5 Å². The topological polar surface area (TPSA) is 117 Å². The average molecular weight is 556 g/mol. The molecule has 3 N–H and O–H groups in total. The number of urea groups is 1. The number of hydrogen-bond acceptors (Lipinski definition) is 6. The Kier molecular flexibility index (Phi) is 8.65. The highest BCUT2D eigenvalue weighted by Crippen LogP contribution is 2.36. The number of para-hydroxylation sites is 1. The predicted molar refractivity (Wildman–Crippen MR) is 148 cm³/mol. The van der Waals surface area contributed by atoms with Crippen molar-refractivity contribution in [3.8, 4) is 11.5 Å². The van der Waals surface area contributed by atoms with E-state index in [0.29, 0.717) is 33.8 Å². The van der Waals surface area contributed by atoms with Gasteiger partial charge in [0.15, 0.2) is 0 Å². The molecular weight excluding hydrogens is 530 g/mol. The Balaban J connectivity index is 1.45. The fourth-order valence-corrected chi connectivity index (χ4v) is 5.52. The number of halogens is 1. The van der Waals surface area contributed by atoms with Crippen molar-refractivity contribution in [1.29, 1.82) is 0 Å². The van der Waals surface area contributed by atoms with Gasteiger partial charge in [0.2, 0.25) is 5.91 Å². The monoisotopic (exact) mass is 555 g/mol. The van der Waals surface area contributed by atoms with Crippen LogP contribution in [0, 0.1) is 0 Å². The van der Waals surface area contributed by atoms with Crippen LogP contribution in [0.4, 0.5) is 16.2 Å². The number of anilines is 2. The van der Waals surface area contributed by atoms with E-state index in [-0.39, 0.29) is 29.7 Å². The van der Waals surface area contributed by atoms with E-state index in [9.17, 15) is 19.5 Å². The van der Waals surface area contributed by atoms with E-state index in [1.54, 1.807) is 71.3 Å². The number of aromatic carboxylic acids is 1. The third kappa shape index (κ3) is 6.15. The molecule has 0 radical (unpaired) electrons. The van der Waals surface area contributed by atoms with Crippen molar-refractivity contribution in [3.05, 3.63) is 82.4 Å². The van der Waals surface area contributed by atoms with Gasteiger partial charge in [0.1, 0.15) is 17.1 Å². The van der Waals surface area contributed by atoms with Gasteiger partial charge in [0.05, 0.1) is 49.0 Å². The molecule has 3 aromatic carbocycles.